The smallest absolute Gasteiger partial charge is 0.341 e. The van der Waals surface area contributed by atoms with Crippen molar-refractivity contribution >= 4 is 8.56 Å². The molecule has 1 aliphatic rings. The van der Waals surface area contributed by atoms with Crippen LogP contribution in [0.5, 0.6) is 0 Å². The van der Waals surface area contributed by atoms with Crippen LogP contribution < -0.4 is 0 Å². The first-order valence-electron chi connectivity index (χ1n) is 9.14. The van der Waals surface area contributed by atoms with Crippen LogP contribution in [0.4, 0.5) is 0 Å². The lowest BCUT2D eigenvalue weighted by Gasteiger charge is -2.38. The molecule has 0 aromatic carbocycles. The van der Waals surface area contributed by atoms with Crippen LogP contribution in [0, 0.1) is 16.7 Å². The van der Waals surface area contributed by atoms with Crippen molar-refractivity contribution in [1.82, 2.24) is 0 Å². The summed E-state index contributed by atoms with van der Waals surface area (Å²) >= 11 is 0. The normalized spacial score (nSPS) is 19.6. The lowest BCUT2D eigenvalue weighted by Crippen LogP contribution is -2.46. The standard InChI is InChI=1S/C19H40O2Si/c1-16(13-19(5,6)15-18(2,3)4)14-22(20-7,21-8)17-11-9-10-12-17/h16-17H,9-15H2,1-8H3. The van der Waals surface area contributed by atoms with E-state index in [-0.39, 0.29) is 0 Å². The first kappa shape index (κ1) is 20.2. The van der Waals surface area contributed by atoms with Gasteiger partial charge in [-0.25, -0.2) is 0 Å². The molecule has 0 N–H and O–H groups in total. The maximum Gasteiger partial charge on any atom is 0.341 e. The molecule has 1 atom stereocenters. The van der Waals surface area contributed by atoms with Crippen molar-refractivity contribution in [2.75, 3.05) is 14.2 Å². The van der Waals surface area contributed by atoms with E-state index >= 15 is 0 Å². The van der Waals surface area contributed by atoms with E-state index < -0.39 is 8.56 Å². The molecule has 1 saturated carbocycles. The third-order valence-corrected chi connectivity index (χ3v) is 9.68. The molecule has 0 aromatic rings. The molecular formula is C19H40O2Si. The van der Waals surface area contributed by atoms with Crippen LogP contribution in [0.2, 0.25) is 11.6 Å². The van der Waals surface area contributed by atoms with Crippen molar-refractivity contribution in [2.45, 2.75) is 91.7 Å². The molecule has 0 aliphatic heterocycles. The molecule has 0 amide bonds. The minimum atomic E-state index is -2.03. The van der Waals surface area contributed by atoms with Crippen molar-refractivity contribution in [2.24, 2.45) is 16.7 Å². The monoisotopic (exact) mass is 328 g/mol. The van der Waals surface area contributed by atoms with E-state index in [1.807, 2.05) is 14.2 Å². The molecular weight excluding hydrogens is 288 g/mol. The van der Waals surface area contributed by atoms with Crippen LogP contribution in [0.15, 0.2) is 0 Å². The lowest BCUT2D eigenvalue weighted by atomic mass is 9.72. The van der Waals surface area contributed by atoms with Gasteiger partial charge in [0, 0.05) is 19.8 Å². The Balaban J connectivity index is 2.69. The molecule has 2 nitrogen and oxygen atoms in total. The van der Waals surface area contributed by atoms with Crippen LogP contribution in [-0.2, 0) is 8.85 Å². The van der Waals surface area contributed by atoms with Gasteiger partial charge in [0.2, 0.25) is 0 Å². The number of rotatable bonds is 8. The van der Waals surface area contributed by atoms with E-state index in [0.29, 0.717) is 22.3 Å². The first-order chi connectivity index (χ1) is 10.0. The van der Waals surface area contributed by atoms with Crippen molar-refractivity contribution in [3.05, 3.63) is 0 Å². The zero-order valence-electron chi connectivity index (χ0n) is 16.4. The second-order valence-electron chi connectivity index (χ2n) is 9.62. The average Bonchev–Trinajstić information content (AvgIpc) is 2.86. The van der Waals surface area contributed by atoms with Crippen molar-refractivity contribution in [3.63, 3.8) is 0 Å². The Kier molecular flexibility index (Phi) is 7.16. The van der Waals surface area contributed by atoms with E-state index in [1.165, 1.54) is 38.5 Å². The van der Waals surface area contributed by atoms with Gasteiger partial charge in [0.1, 0.15) is 0 Å². The maximum absolute atomic E-state index is 6.07. The number of hydrogen-bond acceptors (Lipinski definition) is 2. The molecule has 0 spiro atoms. The van der Waals surface area contributed by atoms with Gasteiger partial charge in [0.15, 0.2) is 0 Å². The molecule has 1 rings (SSSR count). The molecule has 3 heteroatoms. The Hall–Kier alpha value is 0.137. The molecule has 1 unspecified atom stereocenters. The molecule has 1 aliphatic carbocycles. The summed E-state index contributed by atoms with van der Waals surface area (Å²) in [4.78, 5) is 0. The predicted molar refractivity (Wildman–Crippen MR) is 98.4 cm³/mol. The third-order valence-electron chi connectivity index (χ3n) is 5.21. The van der Waals surface area contributed by atoms with Gasteiger partial charge in [-0.05, 0) is 48.5 Å². The molecule has 0 bridgehead atoms. The van der Waals surface area contributed by atoms with Crippen LogP contribution in [0.25, 0.3) is 0 Å². The SMILES string of the molecule is CO[Si](CC(C)CC(C)(C)CC(C)(C)C)(OC)C1CCCC1. The van der Waals surface area contributed by atoms with Crippen molar-refractivity contribution in [3.8, 4) is 0 Å². The summed E-state index contributed by atoms with van der Waals surface area (Å²) in [6.07, 6.45) is 7.87. The van der Waals surface area contributed by atoms with E-state index in [1.54, 1.807) is 0 Å². The topological polar surface area (TPSA) is 18.5 Å². The van der Waals surface area contributed by atoms with Gasteiger partial charge >= 0.3 is 8.56 Å². The van der Waals surface area contributed by atoms with Crippen LogP contribution in [-0.4, -0.2) is 22.8 Å². The summed E-state index contributed by atoms with van der Waals surface area (Å²) in [6, 6.07) is 1.15. The molecule has 0 saturated heterocycles. The van der Waals surface area contributed by atoms with Gasteiger partial charge in [-0.3, -0.25) is 0 Å². The largest absolute Gasteiger partial charge is 0.397 e. The highest BCUT2D eigenvalue weighted by molar-refractivity contribution is 6.69. The van der Waals surface area contributed by atoms with Gasteiger partial charge in [0.25, 0.3) is 0 Å². The Morgan fingerprint density at radius 3 is 1.91 bits per heavy atom. The highest BCUT2D eigenvalue weighted by Crippen LogP contribution is 2.45. The van der Waals surface area contributed by atoms with Crippen LogP contribution in [0.1, 0.15) is 80.1 Å². The van der Waals surface area contributed by atoms with Gasteiger partial charge in [0.05, 0.1) is 0 Å². The summed E-state index contributed by atoms with van der Waals surface area (Å²) in [7, 11) is 1.75. The zero-order valence-corrected chi connectivity index (χ0v) is 17.4. The Morgan fingerprint density at radius 2 is 1.50 bits per heavy atom. The number of hydrogen-bond donors (Lipinski definition) is 0. The van der Waals surface area contributed by atoms with Gasteiger partial charge in [-0.1, -0.05) is 54.4 Å². The van der Waals surface area contributed by atoms with Gasteiger partial charge in [-0.15, -0.1) is 0 Å². The fourth-order valence-electron chi connectivity index (χ4n) is 5.12. The van der Waals surface area contributed by atoms with Crippen molar-refractivity contribution < 1.29 is 8.85 Å². The molecule has 1 fully saturated rings. The van der Waals surface area contributed by atoms with Gasteiger partial charge in [-0.2, -0.15) is 0 Å². The zero-order chi connectivity index (χ0) is 17.0. The van der Waals surface area contributed by atoms with Gasteiger partial charge < -0.3 is 8.85 Å². The van der Waals surface area contributed by atoms with Crippen molar-refractivity contribution in [1.29, 1.82) is 0 Å². The Labute approximate surface area is 140 Å². The minimum Gasteiger partial charge on any atom is -0.397 e. The summed E-state index contributed by atoms with van der Waals surface area (Å²) in [5.74, 6) is 0.671. The van der Waals surface area contributed by atoms with Crippen LogP contribution in [0.3, 0.4) is 0 Å². The molecule has 22 heavy (non-hydrogen) atoms. The summed E-state index contributed by atoms with van der Waals surface area (Å²) in [5.41, 5.74) is 1.48. The quantitative estimate of drug-likeness (QED) is 0.497. The molecule has 0 heterocycles. The molecule has 0 aromatic heterocycles. The van der Waals surface area contributed by atoms with Crippen LogP contribution >= 0.6 is 0 Å². The summed E-state index contributed by atoms with van der Waals surface area (Å²) in [6.45, 7) is 14.3. The third kappa shape index (κ3) is 5.97. The van der Waals surface area contributed by atoms with E-state index in [4.69, 9.17) is 8.85 Å². The predicted octanol–water partition coefficient (Wildman–Crippen LogP) is 6.15. The summed E-state index contributed by atoms with van der Waals surface area (Å²) < 4.78 is 12.1. The average molecular weight is 329 g/mol. The van der Waals surface area contributed by atoms with E-state index in [2.05, 4.69) is 41.5 Å². The molecule has 132 valence electrons. The minimum absolute atomic E-state index is 0.384. The fourth-order valence-corrected chi connectivity index (χ4v) is 9.03. The summed E-state index contributed by atoms with van der Waals surface area (Å²) in [5, 5.41) is 0. The lowest BCUT2D eigenvalue weighted by molar-refractivity contribution is 0.168. The second kappa shape index (κ2) is 7.81. The van der Waals surface area contributed by atoms with E-state index in [0.717, 1.165) is 6.04 Å². The molecule has 0 radical (unpaired) electrons. The van der Waals surface area contributed by atoms with E-state index in [9.17, 15) is 0 Å². The fraction of sp³-hybridized carbons (Fsp3) is 1.00. The second-order valence-corrected chi connectivity index (χ2v) is 13.3. The Bertz CT molecular complexity index is 323. The maximum atomic E-state index is 6.07. The Morgan fingerprint density at radius 1 is 1.00 bits per heavy atom. The highest BCUT2D eigenvalue weighted by Gasteiger charge is 2.46. The highest BCUT2D eigenvalue weighted by atomic mass is 28.4. The first-order valence-corrected chi connectivity index (χ1v) is 11.2.